The van der Waals surface area contributed by atoms with Crippen molar-refractivity contribution in [2.24, 2.45) is 11.8 Å². The Morgan fingerprint density at radius 3 is 1.65 bits per heavy atom. The van der Waals surface area contributed by atoms with Crippen LogP contribution in [0.3, 0.4) is 0 Å². The second kappa shape index (κ2) is 18.1. The fourth-order valence-electron chi connectivity index (χ4n) is 5.34. The van der Waals surface area contributed by atoms with E-state index in [4.69, 9.17) is 4.74 Å². The molecule has 2 aromatic carbocycles. The van der Waals surface area contributed by atoms with Crippen molar-refractivity contribution < 1.29 is 28.7 Å². The van der Waals surface area contributed by atoms with Gasteiger partial charge in [0.25, 0.3) is 0 Å². The third kappa shape index (κ3) is 10.4. The molecule has 0 bridgehead atoms. The molecular formula is C36H46N8O6S. The Morgan fingerprint density at radius 2 is 1.18 bits per heavy atom. The highest BCUT2D eigenvalue weighted by molar-refractivity contribution is 7.80. The number of aromatic nitrogens is 4. The Hall–Kier alpha value is -5.31. The molecule has 0 saturated heterocycles. The number of rotatable bonds is 15. The quantitative estimate of drug-likeness (QED) is 0.0951. The minimum atomic E-state index is -0.744. The van der Waals surface area contributed by atoms with Crippen LogP contribution in [0.5, 0.6) is 0 Å². The molecule has 14 nitrogen and oxygen atoms in total. The van der Waals surface area contributed by atoms with Gasteiger partial charge in [-0.3, -0.25) is 9.59 Å². The zero-order valence-corrected chi connectivity index (χ0v) is 30.5. The molecule has 15 heteroatoms. The predicted molar refractivity (Wildman–Crippen MR) is 196 cm³/mol. The molecule has 272 valence electrons. The number of H-pyrrole nitrogens is 2. The standard InChI is InChI=1S/C36H46N8O6S/c1-21(2)31(42-35(47)49-5)33(45)39-19-29-37-17-27(40-29)25-11-7-23(8-12-25)24-9-13-26(14-10-24)28-18-38-30(41-28)20-44(15-16-51)34(46)32(22(3)4)43-36(48)50-6/h7-14,17-18,21-22,31-32,51H,15-16,19-20H2,1-6H3,(H,37,40)(H,38,41)(H,39,45)(H,42,47)(H,43,48)/t31-,32-/m0/s1. The maximum atomic E-state index is 13.4. The summed E-state index contributed by atoms with van der Waals surface area (Å²) in [4.78, 5) is 66.6. The molecule has 4 aromatic rings. The number of hydrogen-bond acceptors (Lipinski definition) is 9. The summed E-state index contributed by atoms with van der Waals surface area (Å²) in [6.45, 7) is 8.18. The zero-order chi connectivity index (χ0) is 37.1. The Labute approximate surface area is 302 Å². The van der Waals surface area contributed by atoms with Gasteiger partial charge in [-0.05, 0) is 34.1 Å². The van der Waals surface area contributed by atoms with Crippen molar-refractivity contribution in [2.75, 3.05) is 26.5 Å². The van der Waals surface area contributed by atoms with Crippen LogP contribution < -0.4 is 16.0 Å². The average molecular weight is 719 g/mol. The van der Waals surface area contributed by atoms with Gasteiger partial charge in [0.1, 0.15) is 23.7 Å². The molecule has 0 aliphatic heterocycles. The van der Waals surface area contributed by atoms with Gasteiger partial charge in [-0.25, -0.2) is 19.6 Å². The first kappa shape index (κ1) is 38.5. The van der Waals surface area contributed by atoms with Gasteiger partial charge in [0.2, 0.25) is 11.8 Å². The summed E-state index contributed by atoms with van der Waals surface area (Å²) in [5.41, 5.74) is 5.54. The Kier molecular flexibility index (Phi) is 13.6. The molecule has 0 radical (unpaired) electrons. The zero-order valence-electron chi connectivity index (χ0n) is 29.6. The summed E-state index contributed by atoms with van der Waals surface area (Å²) in [5.74, 6) is 0.803. The molecule has 2 atom stereocenters. The van der Waals surface area contributed by atoms with Crippen molar-refractivity contribution >= 4 is 36.6 Å². The molecule has 0 fully saturated rings. The SMILES string of the molecule is COC(=O)N[C@H](C(=O)NCc1ncc(-c2ccc(-c3ccc(-c4cnc(CN(CCS)C(=O)[C@@H](NC(=O)OC)C(C)C)[nH]4)cc3)cc2)[nH]1)C(C)C. The molecule has 0 aliphatic carbocycles. The van der Waals surface area contributed by atoms with Crippen LogP contribution in [0.15, 0.2) is 60.9 Å². The molecule has 0 unspecified atom stereocenters. The number of carbonyl (C=O) groups excluding carboxylic acids is 4. The van der Waals surface area contributed by atoms with Crippen molar-refractivity contribution in [2.45, 2.75) is 52.9 Å². The molecule has 0 aliphatic rings. The summed E-state index contributed by atoms with van der Waals surface area (Å²) in [6.07, 6.45) is 2.13. The van der Waals surface area contributed by atoms with Gasteiger partial charge in [0.05, 0.1) is 51.1 Å². The third-order valence-electron chi connectivity index (χ3n) is 8.23. The van der Waals surface area contributed by atoms with Crippen molar-refractivity contribution in [1.29, 1.82) is 0 Å². The van der Waals surface area contributed by atoms with Crippen molar-refractivity contribution in [3.63, 3.8) is 0 Å². The highest BCUT2D eigenvalue weighted by Crippen LogP contribution is 2.27. The molecule has 51 heavy (non-hydrogen) atoms. The summed E-state index contributed by atoms with van der Waals surface area (Å²) >= 11 is 4.32. The van der Waals surface area contributed by atoms with Crippen LogP contribution in [0.25, 0.3) is 33.6 Å². The third-order valence-corrected chi connectivity index (χ3v) is 8.43. The molecule has 4 amide bonds. The highest BCUT2D eigenvalue weighted by atomic mass is 32.1. The second-order valence-electron chi connectivity index (χ2n) is 12.6. The minimum Gasteiger partial charge on any atom is -0.453 e. The minimum absolute atomic E-state index is 0.129. The lowest BCUT2D eigenvalue weighted by atomic mass is 10.0. The number of aromatic amines is 2. The van der Waals surface area contributed by atoms with Gasteiger partial charge in [0.15, 0.2) is 0 Å². The van der Waals surface area contributed by atoms with Crippen LogP contribution in [0, 0.1) is 11.8 Å². The fourth-order valence-corrected chi connectivity index (χ4v) is 5.58. The highest BCUT2D eigenvalue weighted by Gasteiger charge is 2.29. The van der Waals surface area contributed by atoms with Crippen LogP contribution >= 0.6 is 12.6 Å². The van der Waals surface area contributed by atoms with Crippen LogP contribution in [0.2, 0.25) is 0 Å². The van der Waals surface area contributed by atoms with E-state index in [0.717, 1.165) is 33.6 Å². The van der Waals surface area contributed by atoms with Crippen LogP contribution in [-0.2, 0) is 32.2 Å². The Bertz CT molecular complexity index is 1770. The van der Waals surface area contributed by atoms with Gasteiger partial charge in [-0.1, -0.05) is 76.2 Å². The van der Waals surface area contributed by atoms with Crippen molar-refractivity contribution in [1.82, 2.24) is 40.8 Å². The van der Waals surface area contributed by atoms with Crippen LogP contribution in [-0.4, -0.2) is 87.4 Å². The van der Waals surface area contributed by atoms with E-state index >= 15 is 0 Å². The fraction of sp³-hybridized carbons (Fsp3) is 0.389. The van der Waals surface area contributed by atoms with Crippen LogP contribution in [0.1, 0.15) is 39.3 Å². The maximum absolute atomic E-state index is 13.4. The first-order chi connectivity index (χ1) is 24.4. The summed E-state index contributed by atoms with van der Waals surface area (Å²) in [5, 5.41) is 8.00. The van der Waals surface area contributed by atoms with E-state index in [9.17, 15) is 19.2 Å². The predicted octanol–water partition coefficient (Wildman–Crippen LogP) is 4.77. The smallest absolute Gasteiger partial charge is 0.407 e. The van der Waals surface area contributed by atoms with Crippen molar-refractivity contribution in [3.05, 3.63) is 72.6 Å². The first-order valence-corrected chi connectivity index (χ1v) is 17.2. The number of imidazole rings is 2. The van der Waals surface area contributed by atoms with E-state index in [0.29, 0.717) is 23.9 Å². The second-order valence-corrected chi connectivity index (χ2v) is 13.0. The molecule has 2 aromatic heterocycles. The number of nitrogens with one attached hydrogen (secondary N) is 5. The number of nitrogens with zero attached hydrogens (tertiary/aromatic N) is 3. The Morgan fingerprint density at radius 1 is 0.725 bits per heavy atom. The topological polar surface area (TPSA) is 183 Å². The lowest BCUT2D eigenvalue weighted by Crippen LogP contribution is -2.51. The molecule has 2 heterocycles. The van der Waals surface area contributed by atoms with Gasteiger partial charge in [-0.2, -0.15) is 12.6 Å². The molecule has 0 saturated carbocycles. The first-order valence-electron chi connectivity index (χ1n) is 16.6. The summed E-state index contributed by atoms with van der Waals surface area (Å²) in [7, 11) is 2.52. The van der Waals surface area contributed by atoms with E-state index in [1.54, 1.807) is 17.3 Å². The number of alkyl carbamates (subject to hydrolysis) is 2. The number of benzene rings is 2. The van der Waals surface area contributed by atoms with Gasteiger partial charge in [0, 0.05) is 12.3 Å². The number of ether oxygens (including phenoxy) is 2. The number of amides is 4. The molecule has 4 rings (SSSR count). The van der Waals surface area contributed by atoms with E-state index in [-0.39, 0.29) is 36.7 Å². The van der Waals surface area contributed by atoms with Crippen LogP contribution in [0.4, 0.5) is 9.59 Å². The number of thiol groups is 1. The summed E-state index contributed by atoms with van der Waals surface area (Å²) in [6, 6.07) is 14.6. The lowest BCUT2D eigenvalue weighted by Gasteiger charge is -2.28. The number of methoxy groups -OCH3 is 2. The maximum Gasteiger partial charge on any atom is 0.407 e. The average Bonchev–Trinajstić information content (AvgIpc) is 3.81. The monoisotopic (exact) mass is 718 g/mol. The van der Waals surface area contributed by atoms with Gasteiger partial charge in [-0.15, -0.1) is 0 Å². The van der Waals surface area contributed by atoms with Gasteiger partial charge < -0.3 is 40.3 Å². The normalized spacial score (nSPS) is 12.3. The largest absolute Gasteiger partial charge is 0.453 e. The number of carbonyl (C=O) groups is 4. The Balaban J connectivity index is 1.37. The van der Waals surface area contributed by atoms with E-state index in [1.165, 1.54) is 14.2 Å². The molecule has 0 spiro atoms. The molecular weight excluding hydrogens is 673 g/mol. The van der Waals surface area contributed by atoms with E-state index in [2.05, 4.69) is 53.3 Å². The van der Waals surface area contributed by atoms with E-state index in [1.807, 2.05) is 76.2 Å². The molecule has 5 N–H and O–H groups in total. The lowest BCUT2D eigenvalue weighted by molar-refractivity contribution is -0.135. The number of hydrogen-bond donors (Lipinski definition) is 6. The summed E-state index contributed by atoms with van der Waals surface area (Å²) < 4.78 is 9.33. The van der Waals surface area contributed by atoms with Gasteiger partial charge >= 0.3 is 12.2 Å². The van der Waals surface area contributed by atoms with E-state index < -0.39 is 24.3 Å². The van der Waals surface area contributed by atoms with Crippen molar-refractivity contribution in [3.8, 4) is 33.6 Å².